The van der Waals surface area contributed by atoms with E-state index in [0.717, 1.165) is 23.1 Å². The second-order valence-corrected chi connectivity index (χ2v) is 8.38. The molecule has 2 aromatic carbocycles. The summed E-state index contributed by atoms with van der Waals surface area (Å²) in [7, 11) is 0. The number of ether oxygens (including phenoxy) is 2. The van der Waals surface area contributed by atoms with Crippen molar-refractivity contribution in [3.63, 3.8) is 0 Å². The van der Waals surface area contributed by atoms with Crippen molar-refractivity contribution < 1.29 is 19.1 Å². The monoisotopic (exact) mass is 453 g/mol. The average molecular weight is 454 g/mol. The third-order valence-electron chi connectivity index (χ3n) is 4.87. The van der Waals surface area contributed by atoms with Crippen LogP contribution in [0.4, 0.5) is 0 Å². The fourth-order valence-corrected chi connectivity index (χ4v) is 3.28. The van der Waals surface area contributed by atoms with Gasteiger partial charge in [0.1, 0.15) is 17.5 Å². The zero-order valence-electron chi connectivity index (χ0n) is 20.2. The molecule has 0 bridgehead atoms. The molecule has 0 radical (unpaired) electrons. The van der Waals surface area contributed by atoms with Gasteiger partial charge in [-0.1, -0.05) is 51.1 Å². The highest BCUT2D eigenvalue weighted by Crippen LogP contribution is 2.22. The van der Waals surface area contributed by atoms with E-state index in [-0.39, 0.29) is 24.3 Å². The van der Waals surface area contributed by atoms with Gasteiger partial charge in [-0.3, -0.25) is 9.59 Å². The number of hydrogen-bond donors (Lipinski definition) is 2. The molecule has 2 N–H and O–H groups in total. The molecular weight excluding hydrogens is 418 g/mol. The van der Waals surface area contributed by atoms with Crippen LogP contribution in [0.3, 0.4) is 0 Å². The summed E-state index contributed by atoms with van der Waals surface area (Å²) in [6.07, 6.45) is 2.92. The standard InChI is InChI=1S/C26H35N3O4/c1-6-14-32-23-13-8-7-12-21(23)16-27-29-26(31)22(15-18(2)3)28-24(30)17-33-25-19(4)10-9-11-20(25)5/h7-13,16,18,22H,6,14-15,17H2,1-5H3,(H,28,30)(H,29,31)/b27-16-/t22-/m1/s1. The highest BCUT2D eigenvalue weighted by Gasteiger charge is 2.22. The molecule has 0 aromatic heterocycles. The predicted molar refractivity (Wildman–Crippen MR) is 131 cm³/mol. The zero-order valence-corrected chi connectivity index (χ0v) is 20.2. The molecule has 0 heterocycles. The molecule has 0 aliphatic heterocycles. The predicted octanol–water partition coefficient (Wildman–Crippen LogP) is 4.15. The van der Waals surface area contributed by atoms with E-state index < -0.39 is 6.04 Å². The van der Waals surface area contributed by atoms with E-state index >= 15 is 0 Å². The highest BCUT2D eigenvalue weighted by molar-refractivity contribution is 5.89. The Morgan fingerprint density at radius 3 is 2.39 bits per heavy atom. The summed E-state index contributed by atoms with van der Waals surface area (Å²) in [5, 5.41) is 6.85. The van der Waals surface area contributed by atoms with Crippen LogP contribution in [-0.4, -0.2) is 37.3 Å². The maximum atomic E-state index is 12.7. The molecule has 0 aliphatic rings. The highest BCUT2D eigenvalue weighted by atomic mass is 16.5. The number of amides is 2. The SMILES string of the molecule is CCCOc1ccccc1/C=N\NC(=O)[C@@H](CC(C)C)NC(=O)COc1c(C)cccc1C. The van der Waals surface area contributed by atoms with E-state index in [1.165, 1.54) is 0 Å². The maximum absolute atomic E-state index is 12.7. The Kier molecular flexibility index (Phi) is 10.4. The quantitative estimate of drug-likeness (QED) is 0.373. The summed E-state index contributed by atoms with van der Waals surface area (Å²) < 4.78 is 11.4. The summed E-state index contributed by atoms with van der Waals surface area (Å²) in [4.78, 5) is 25.2. The maximum Gasteiger partial charge on any atom is 0.262 e. The minimum absolute atomic E-state index is 0.168. The lowest BCUT2D eigenvalue weighted by atomic mass is 10.0. The summed E-state index contributed by atoms with van der Waals surface area (Å²) in [5.41, 5.74) is 5.21. The minimum atomic E-state index is -0.720. The van der Waals surface area contributed by atoms with Crippen LogP contribution >= 0.6 is 0 Å². The first kappa shape index (κ1) is 25.9. The molecule has 0 aliphatic carbocycles. The van der Waals surface area contributed by atoms with Crippen LogP contribution in [-0.2, 0) is 9.59 Å². The Hall–Kier alpha value is -3.35. The smallest absolute Gasteiger partial charge is 0.262 e. The van der Waals surface area contributed by atoms with E-state index in [4.69, 9.17) is 9.47 Å². The zero-order chi connectivity index (χ0) is 24.2. The van der Waals surface area contributed by atoms with E-state index in [9.17, 15) is 9.59 Å². The van der Waals surface area contributed by atoms with Crippen LogP contribution in [0.1, 0.15) is 50.3 Å². The molecule has 1 atom stereocenters. The molecular formula is C26H35N3O4. The molecule has 7 heteroatoms. The van der Waals surface area contributed by atoms with Crippen LogP contribution in [0.2, 0.25) is 0 Å². The summed E-state index contributed by atoms with van der Waals surface area (Å²) >= 11 is 0. The molecule has 0 saturated carbocycles. The van der Waals surface area contributed by atoms with Crippen molar-refractivity contribution in [1.82, 2.24) is 10.7 Å². The van der Waals surface area contributed by atoms with Crippen molar-refractivity contribution in [2.45, 2.75) is 53.5 Å². The van der Waals surface area contributed by atoms with Crippen molar-refractivity contribution in [2.75, 3.05) is 13.2 Å². The number of para-hydroxylation sites is 2. The van der Waals surface area contributed by atoms with Gasteiger partial charge in [0.25, 0.3) is 11.8 Å². The number of nitrogens with one attached hydrogen (secondary N) is 2. The van der Waals surface area contributed by atoms with Gasteiger partial charge in [-0.05, 0) is 55.9 Å². The Labute approximate surface area is 196 Å². The molecule has 2 aromatic rings. The minimum Gasteiger partial charge on any atom is -0.493 e. The van der Waals surface area contributed by atoms with Gasteiger partial charge >= 0.3 is 0 Å². The lowest BCUT2D eigenvalue weighted by molar-refractivity contribution is -0.130. The molecule has 0 saturated heterocycles. The third kappa shape index (κ3) is 8.60. The summed E-state index contributed by atoms with van der Waals surface area (Å²) in [6, 6.07) is 12.6. The molecule has 0 fully saturated rings. The van der Waals surface area contributed by atoms with Gasteiger partial charge in [0.2, 0.25) is 0 Å². The number of rotatable bonds is 12. The van der Waals surface area contributed by atoms with Gasteiger partial charge in [-0.2, -0.15) is 5.10 Å². The number of hydrazone groups is 1. The van der Waals surface area contributed by atoms with Crippen LogP contribution in [0, 0.1) is 19.8 Å². The van der Waals surface area contributed by atoms with Gasteiger partial charge < -0.3 is 14.8 Å². The van der Waals surface area contributed by atoms with Crippen molar-refractivity contribution >= 4 is 18.0 Å². The first-order valence-electron chi connectivity index (χ1n) is 11.3. The summed E-state index contributed by atoms with van der Waals surface area (Å²) in [6.45, 7) is 10.3. The molecule has 178 valence electrons. The van der Waals surface area contributed by atoms with Gasteiger partial charge in [-0.25, -0.2) is 5.43 Å². The fourth-order valence-electron chi connectivity index (χ4n) is 3.28. The van der Waals surface area contributed by atoms with Crippen LogP contribution in [0.15, 0.2) is 47.6 Å². The summed E-state index contributed by atoms with van der Waals surface area (Å²) in [5.74, 6) is 0.847. The molecule has 0 spiro atoms. The van der Waals surface area contributed by atoms with Crippen LogP contribution < -0.4 is 20.2 Å². The van der Waals surface area contributed by atoms with Crippen LogP contribution in [0.25, 0.3) is 0 Å². The van der Waals surface area contributed by atoms with Crippen molar-refractivity contribution in [3.8, 4) is 11.5 Å². The van der Waals surface area contributed by atoms with Crippen molar-refractivity contribution in [2.24, 2.45) is 11.0 Å². The number of aryl methyl sites for hydroxylation is 2. The fraction of sp³-hybridized carbons (Fsp3) is 0.423. The molecule has 7 nitrogen and oxygen atoms in total. The Balaban J connectivity index is 1.97. The molecule has 2 amide bonds. The van der Waals surface area contributed by atoms with Crippen LogP contribution in [0.5, 0.6) is 11.5 Å². The Morgan fingerprint density at radius 2 is 1.73 bits per heavy atom. The largest absolute Gasteiger partial charge is 0.493 e. The number of carbonyl (C=O) groups is 2. The Morgan fingerprint density at radius 1 is 1.03 bits per heavy atom. The van der Waals surface area contributed by atoms with E-state index in [2.05, 4.69) is 15.8 Å². The number of nitrogens with zero attached hydrogens (tertiary/aromatic N) is 1. The molecule has 2 rings (SSSR count). The number of carbonyl (C=O) groups excluding carboxylic acids is 2. The first-order valence-corrected chi connectivity index (χ1v) is 11.3. The molecule has 0 unspecified atom stereocenters. The van der Waals surface area contributed by atoms with E-state index in [1.54, 1.807) is 6.21 Å². The van der Waals surface area contributed by atoms with E-state index in [0.29, 0.717) is 24.5 Å². The topological polar surface area (TPSA) is 89.0 Å². The lowest BCUT2D eigenvalue weighted by Crippen LogP contribution is -2.47. The van der Waals surface area contributed by atoms with Gasteiger partial charge in [0, 0.05) is 5.56 Å². The lowest BCUT2D eigenvalue weighted by Gasteiger charge is -2.19. The first-order chi connectivity index (χ1) is 15.8. The van der Waals surface area contributed by atoms with Gasteiger partial charge in [-0.15, -0.1) is 0 Å². The number of benzene rings is 2. The van der Waals surface area contributed by atoms with Gasteiger partial charge in [0.05, 0.1) is 12.8 Å². The van der Waals surface area contributed by atoms with E-state index in [1.807, 2.05) is 77.1 Å². The normalized spacial score (nSPS) is 11.9. The second kappa shape index (κ2) is 13.3. The van der Waals surface area contributed by atoms with Crippen molar-refractivity contribution in [1.29, 1.82) is 0 Å². The molecule has 33 heavy (non-hydrogen) atoms. The third-order valence-corrected chi connectivity index (χ3v) is 4.87. The average Bonchev–Trinajstić information content (AvgIpc) is 2.77. The van der Waals surface area contributed by atoms with Crippen molar-refractivity contribution in [3.05, 3.63) is 59.2 Å². The number of hydrogen-bond acceptors (Lipinski definition) is 5. The van der Waals surface area contributed by atoms with Gasteiger partial charge in [0.15, 0.2) is 6.61 Å². The Bertz CT molecular complexity index is 936. The second-order valence-electron chi connectivity index (χ2n) is 8.38.